The van der Waals surface area contributed by atoms with E-state index in [1.54, 1.807) is 19.1 Å². The SMILES string of the molecule is CCc1ccc(-c2ccc(C(=O)N(CC)CC(=O)O)o2)cc1. The van der Waals surface area contributed by atoms with Crippen molar-refractivity contribution in [1.29, 1.82) is 0 Å². The molecule has 0 unspecified atom stereocenters. The van der Waals surface area contributed by atoms with Crippen molar-refractivity contribution in [2.75, 3.05) is 13.1 Å². The van der Waals surface area contributed by atoms with Crippen molar-refractivity contribution in [2.24, 2.45) is 0 Å². The lowest BCUT2D eigenvalue weighted by Crippen LogP contribution is -2.35. The average molecular weight is 301 g/mol. The monoisotopic (exact) mass is 301 g/mol. The van der Waals surface area contributed by atoms with Crippen molar-refractivity contribution < 1.29 is 19.1 Å². The Hall–Kier alpha value is -2.56. The highest BCUT2D eigenvalue weighted by atomic mass is 16.4. The Bertz CT molecular complexity index is 658. The lowest BCUT2D eigenvalue weighted by molar-refractivity contribution is -0.137. The summed E-state index contributed by atoms with van der Waals surface area (Å²) in [6, 6.07) is 11.2. The molecule has 0 fully saturated rings. The van der Waals surface area contributed by atoms with Crippen molar-refractivity contribution in [2.45, 2.75) is 20.3 Å². The Balaban J connectivity index is 2.19. The molecule has 0 bridgehead atoms. The zero-order valence-corrected chi connectivity index (χ0v) is 12.7. The molecular weight excluding hydrogens is 282 g/mol. The molecule has 1 amide bonds. The maximum atomic E-state index is 12.2. The van der Waals surface area contributed by atoms with Gasteiger partial charge in [-0.1, -0.05) is 31.2 Å². The maximum Gasteiger partial charge on any atom is 0.323 e. The van der Waals surface area contributed by atoms with Gasteiger partial charge in [0.15, 0.2) is 5.76 Å². The van der Waals surface area contributed by atoms with Crippen LogP contribution in [0.2, 0.25) is 0 Å². The van der Waals surface area contributed by atoms with E-state index in [4.69, 9.17) is 9.52 Å². The predicted octanol–water partition coefficient (Wildman–Crippen LogP) is 3.06. The second kappa shape index (κ2) is 6.93. The summed E-state index contributed by atoms with van der Waals surface area (Å²) >= 11 is 0. The van der Waals surface area contributed by atoms with Crippen LogP contribution in [0.1, 0.15) is 30.0 Å². The molecule has 1 aromatic heterocycles. The molecule has 1 aromatic carbocycles. The summed E-state index contributed by atoms with van der Waals surface area (Å²) in [5.74, 6) is -0.714. The number of hydrogen-bond donors (Lipinski definition) is 1. The molecule has 0 atom stereocenters. The van der Waals surface area contributed by atoms with Crippen LogP contribution in [-0.2, 0) is 11.2 Å². The van der Waals surface area contributed by atoms with Crippen molar-refractivity contribution in [1.82, 2.24) is 4.90 Å². The molecule has 22 heavy (non-hydrogen) atoms. The maximum absolute atomic E-state index is 12.2. The topological polar surface area (TPSA) is 70.8 Å². The first-order valence-corrected chi connectivity index (χ1v) is 7.25. The van der Waals surface area contributed by atoms with E-state index in [9.17, 15) is 9.59 Å². The standard InChI is InChI=1S/C17H19NO4/c1-3-12-5-7-13(8-6-12)14-9-10-15(22-14)17(21)18(4-2)11-16(19)20/h5-10H,3-4,11H2,1-2H3,(H,19,20). The summed E-state index contributed by atoms with van der Waals surface area (Å²) in [4.78, 5) is 24.2. The number of nitrogens with zero attached hydrogens (tertiary/aromatic N) is 1. The molecule has 116 valence electrons. The molecular formula is C17H19NO4. The van der Waals surface area contributed by atoms with Crippen LogP contribution in [0, 0.1) is 0 Å². The number of amides is 1. The van der Waals surface area contributed by atoms with Crippen LogP contribution in [-0.4, -0.2) is 35.0 Å². The first-order chi connectivity index (χ1) is 10.5. The Morgan fingerprint density at radius 2 is 1.77 bits per heavy atom. The van der Waals surface area contributed by atoms with E-state index < -0.39 is 11.9 Å². The summed E-state index contributed by atoms with van der Waals surface area (Å²) in [5, 5.41) is 8.82. The minimum atomic E-state index is -1.04. The summed E-state index contributed by atoms with van der Waals surface area (Å²) in [5.41, 5.74) is 2.11. The zero-order valence-electron chi connectivity index (χ0n) is 12.7. The molecule has 0 aliphatic heterocycles. The lowest BCUT2D eigenvalue weighted by Gasteiger charge is -2.16. The zero-order chi connectivity index (χ0) is 16.1. The number of rotatable bonds is 6. The highest BCUT2D eigenvalue weighted by Gasteiger charge is 2.20. The molecule has 0 saturated heterocycles. The fourth-order valence-corrected chi connectivity index (χ4v) is 2.16. The summed E-state index contributed by atoms with van der Waals surface area (Å²) in [6.07, 6.45) is 0.961. The van der Waals surface area contributed by atoms with Crippen LogP contribution in [0.5, 0.6) is 0 Å². The third kappa shape index (κ3) is 3.55. The third-order valence-corrected chi connectivity index (χ3v) is 3.46. The van der Waals surface area contributed by atoms with E-state index in [0.717, 1.165) is 12.0 Å². The number of aliphatic carboxylic acids is 1. The average Bonchev–Trinajstić information content (AvgIpc) is 3.01. The molecule has 0 aliphatic carbocycles. The Morgan fingerprint density at radius 3 is 2.32 bits per heavy atom. The van der Waals surface area contributed by atoms with Gasteiger partial charge in [0, 0.05) is 12.1 Å². The van der Waals surface area contributed by atoms with Gasteiger partial charge in [-0.25, -0.2) is 0 Å². The first-order valence-electron chi connectivity index (χ1n) is 7.25. The van der Waals surface area contributed by atoms with Crippen LogP contribution in [0.25, 0.3) is 11.3 Å². The second-order valence-electron chi connectivity index (χ2n) is 4.93. The van der Waals surface area contributed by atoms with Crippen LogP contribution < -0.4 is 0 Å². The third-order valence-electron chi connectivity index (χ3n) is 3.46. The minimum absolute atomic E-state index is 0.151. The van der Waals surface area contributed by atoms with Gasteiger partial charge in [-0.05, 0) is 31.0 Å². The highest BCUT2D eigenvalue weighted by Crippen LogP contribution is 2.23. The molecule has 0 radical (unpaired) electrons. The lowest BCUT2D eigenvalue weighted by atomic mass is 10.1. The Kier molecular flexibility index (Phi) is 4.99. The van der Waals surface area contributed by atoms with Crippen molar-refractivity contribution >= 4 is 11.9 Å². The van der Waals surface area contributed by atoms with E-state index in [-0.39, 0.29) is 12.3 Å². The largest absolute Gasteiger partial charge is 0.480 e. The van der Waals surface area contributed by atoms with Crippen LogP contribution in [0.4, 0.5) is 0 Å². The summed E-state index contributed by atoms with van der Waals surface area (Å²) in [6.45, 7) is 3.79. The molecule has 1 heterocycles. The number of aryl methyl sites for hydroxylation is 1. The molecule has 0 spiro atoms. The number of carboxylic acid groups (broad SMARTS) is 1. The van der Waals surface area contributed by atoms with Crippen LogP contribution in [0.15, 0.2) is 40.8 Å². The van der Waals surface area contributed by atoms with Crippen molar-refractivity contribution in [3.63, 3.8) is 0 Å². The van der Waals surface area contributed by atoms with Gasteiger partial charge >= 0.3 is 5.97 Å². The van der Waals surface area contributed by atoms with Gasteiger partial charge < -0.3 is 14.4 Å². The first kappa shape index (κ1) is 15.8. The van der Waals surface area contributed by atoms with Gasteiger partial charge in [0.25, 0.3) is 5.91 Å². The van der Waals surface area contributed by atoms with Gasteiger partial charge in [0.05, 0.1) is 0 Å². The van der Waals surface area contributed by atoms with E-state index >= 15 is 0 Å². The number of carboxylic acids is 1. The second-order valence-corrected chi connectivity index (χ2v) is 4.93. The number of carbonyl (C=O) groups excluding carboxylic acids is 1. The molecule has 5 nitrogen and oxygen atoms in total. The highest BCUT2D eigenvalue weighted by molar-refractivity contribution is 5.93. The van der Waals surface area contributed by atoms with Crippen molar-refractivity contribution in [3.05, 3.63) is 47.7 Å². The smallest absolute Gasteiger partial charge is 0.323 e. The number of likely N-dealkylation sites (N-methyl/N-ethyl adjacent to an activating group) is 1. The Labute approximate surface area is 129 Å². The summed E-state index contributed by atoms with van der Waals surface area (Å²) in [7, 11) is 0. The molecule has 1 N–H and O–H groups in total. The molecule has 0 saturated carbocycles. The van der Waals surface area contributed by atoms with Gasteiger partial charge in [-0.3, -0.25) is 9.59 Å². The quantitative estimate of drug-likeness (QED) is 0.890. The van der Waals surface area contributed by atoms with Crippen LogP contribution in [0.3, 0.4) is 0 Å². The fraction of sp³-hybridized carbons (Fsp3) is 0.294. The fourth-order valence-electron chi connectivity index (χ4n) is 2.16. The number of furan rings is 1. The van der Waals surface area contributed by atoms with Gasteiger partial charge in [-0.2, -0.15) is 0 Å². The van der Waals surface area contributed by atoms with E-state index in [0.29, 0.717) is 12.3 Å². The van der Waals surface area contributed by atoms with Crippen LogP contribution >= 0.6 is 0 Å². The minimum Gasteiger partial charge on any atom is -0.480 e. The van der Waals surface area contributed by atoms with Gasteiger partial charge in [-0.15, -0.1) is 0 Å². The van der Waals surface area contributed by atoms with Gasteiger partial charge in [0.2, 0.25) is 0 Å². The van der Waals surface area contributed by atoms with E-state index in [1.165, 1.54) is 10.5 Å². The number of benzene rings is 1. The molecule has 2 rings (SSSR count). The number of hydrogen-bond acceptors (Lipinski definition) is 3. The molecule has 5 heteroatoms. The Morgan fingerprint density at radius 1 is 1.09 bits per heavy atom. The van der Waals surface area contributed by atoms with E-state index in [2.05, 4.69) is 6.92 Å². The number of carbonyl (C=O) groups is 2. The predicted molar refractivity (Wildman–Crippen MR) is 82.7 cm³/mol. The van der Waals surface area contributed by atoms with Gasteiger partial charge in [0.1, 0.15) is 12.3 Å². The molecule has 0 aliphatic rings. The van der Waals surface area contributed by atoms with E-state index in [1.807, 2.05) is 24.3 Å². The molecule has 2 aromatic rings. The summed E-state index contributed by atoms with van der Waals surface area (Å²) < 4.78 is 5.59. The van der Waals surface area contributed by atoms with Crippen molar-refractivity contribution in [3.8, 4) is 11.3 Å². The normalized spacial score (nSPS) is 10.5.